The van der Waals surface area contributed by atoms with Crippen LogP contribution in [0.25, 0.3) is 0 Å². The summed E-state index contributed by atoms with van der Waals surface area (Å²) in [6, 6.07) is 2.36. The van der Waals surface area contributed by atoms with Crippen molar-refractivity contribution in [1.29, 1.82) is 0 Å². The van der Waals surface area contributed by atoms with E-state index < -0.39 is 11.6 Å². The Hall–Kier alpha value is -1.20. The molecule has 2 rings (SSSR count). The summed E-state index contributed by atoms with van der Waals surface area (Å²) in [6.45, 7) is 5.35. The van der Waals surface area contributed by atoms with Crippen molar-refractivity contribution >= 4 is 0 Å². The summed E-state index contributed by atoms with van der Waals surface area (Å²) in [6.07, 6.45) is 1.06. The fourth-order valence-corrected chi connectivity index (χ4v) is 2.47. The van der Waals surface area contributed by atoms with E-state index in [4.69, 9.17) is 10.5 Å². The van der Waals surface area contributed by atoms with Crippen LogP contribution in [0, 0.1) is 17.6 Å². The SMILES string of the molecule is CCOc1cc(F)c(F)cc1CN1CC[C@@H](CN)C1. The maximum Gasteiger partial charge on any atom is 0.162 e. The van der Waals surface area contributed by atoms with Crippen molar-refractivity contribution in [3.63, 3.8) is 0 Å². The maximum absolute atomic E-state index is 13.3. The van der Waals surface area contributed by atoms with E-state index in [9.17, 15) is 8.78 Å². The van der Waals surface area contributed by atoms with E-state index >= 15 is 0 Å². The molecule has 1 aromatic rings. The lowest BCUT2D eigenvalue weighted by atomic mass is 10.1. The quantitative estimate of drug-likeness (QED) is 0.891. The van der Waals surface area contributed by atoms with Gasteiger partial charge in [0.25, 0.3) is 0 Å². The normalized spacial score (nSPS) is 19.9. The number of hydrogen-bond donors (Lipinski definition) is 1. The van der Waals surface area contributed by atoms with Gasteiger partial charge in [-0.25, -0.2) is 8.78 Å². The van der Waals surface area contributed by atoms with E-state index in [0.717, 1.165) is 25.6 Å². The second-order valence-corrected chi connectivity index (χ2v) is 4.93. The lowest BCUT2D eigenvalue weighted by molar-refractivity contribution is 0.295. The van der Waals surface area contributed by atoms with Gasteiger partial charge in [0.15, 0.2) is 11.6 Å². The van der Waals surface area contributed by atoms with Crippen LogP contribution in [0.15, 0.2) is 12.1 Å². The van der Waals surface area contributed by atoms with Gasteiger partial charge in [-0.05, 0) is 38.4 Å². The molecule has 0 saturated carbocycles. The van der Waals surface area contributed by atoms with Crippen LogP contribution in [0.2, 0.25) is 0 Å². The maximum atomic E-state index is 13.3. The average molecular weight is 270 g/mol. The van der Waals surface area contributed by atoms with Gasteiger partial charge in [-0.15, -0.1) is 0 Å². The predicted octanol–water partition coefficient (Wildman–Crippen LogP) is 2.14. The molecule has 0 unspecified atom stereocenters. The molecule has 1 aliphatic rings. The molecule has 5 heteroatoms. The fraction of sp³-hybridized carbons (Fsp3) is 0.571. The summed E-state index contributed by atoms with van der Waals surface area (Å²) < 4.78 is 32.0. The Morgan fingerprint density at radius 1 is 1.37 bits per heavy atom. The van der Waals surface area contributed by atoms with E-state index in [1.165, 1.54) is 6.07 Å². The highest BCUT2D eigenvalue weighted by molar-refractivity contribution is 5.35. The molecule has 0 aromatic heterocycles. The van der Waals surface area contributed by atoms with Crippen molar-refractivity contribution in [2.24, 2.45) is 11.7 Å². The number of ether oxygens (including phenoxy) is 1. The molecule has 1 saturated heterocycles. The summed E-state index contributed by atoms with van der Waals surface area (Å²) in [5.41, 5.74) is 6.34. The summed E-state index contributed by atoms with van der Waals surface area (Å²) in [4.78, 5) is 2.20. The van der Waals surface area contributed by atoms with Gasteiger partial charge in [0.05, 0.1) is 6.61 Å². The van der Waals surface area contributed by atoms with E-state index in [1.54, 1.807) is 0 Å². The monoisotopic (exact) mass is 270 g/mol. The molecule has 3 nitrogen and oxygen atoms in total. The Balaban J connectivity index is 2.12. The highest BCUT2D eigenvalue weighted by Gasteiger charge is 2.22. The summed E-state index contributed by atoms with van der Waals surface area (Å²) in [7, 11) is 0. The third-order valence-corrected chi connectivity index (χ3v) is 3.50. The minimum Gasteiger partial charge on any atom is -0.493 e. The molecule has 0 bridgehead atoms. The van der Waals surface area contributed by atoms with Gasteiger partial charge in [0, 0.05) is 24.7 Å². The number of rotatable bonds is 5. The van der Waals surface area contributed by atoms with Crippen molar-refractivity contribution in [1.82, 2.24) is 4.90 Å². The third-order valence-electron chi connectivity index (χ3n) is 3.50. The fourth-order valence-electron chi connectivity index (χ4n) is 2.47. The number of likely N-dealkylation sites (tertiary alicyclic amines) is 1. The second kappa shape index (κ2) is 6.30. The van der Waals surface area contributed by atoms with Crippen molar-refractivity contribution in [2.45, 2.75) is 19.9 Å². The van der Waals surface area contributed by atoms with Crippen LogP contribution in [-0.2, 0) is 6.54 Å². The summed E-state index contributed by atoms with van der Waals surface area (Å²) >= 11 is 0. The molecular weight excluding hydrogens is 250 g/mol. The van der Waals surface area contributed by atoms with Crippen LogP contribution < -0.4 is 10.5 Å². The molecule has 0 aliphatic carbocycles. The minimum absolute atomic E-state index is 0.428. The number of nitrogens with two attached hydrogens (primary N) is 1. The molecule has 1 aliphatic heterocycles. The minimum atomic E-state index is -0.867. The molecule has 1 aromatic carbocycles. The van der Waals surface area contributed by atoms with Crippen molar-refractivity contribution < 1.29 is 13.5 Å². The lowest BCUT2D eigenvalue weighted by Crippen LogP contribution is -2.23. The molecular formula is C14H20F2N2O. The number of hydrogen-bond acceptors (Lipinski definition) is 3. The zero-order valence-corrected chi connectivity index (χ0v) is 11.2. The molecule has 1 heterocycles. The molecule has 19 heavy (non-hydrogen) atoms. The Labute approximate surface area is 112 Å². The van der Waals surface area contributed by atoms with Gasteiger partial charge in [-0.1, -0.05) is 0 Å². The topological polar surface area (TPSA) is 38.5 Å². The smallest absolute Gasteiger partial charge is 0.162 e. The highest BCUT2D eigenvalue weighted by Crippen LogP contribution is 2.26. The molecule has 0 amide bonds. The first-order valence-electron chi connectivity index (χ1n) is 6.67. The van der Waals surface area contributed by atoms with E-state index in [-0.39, 0.29) is 0 Å². The highest BCUT2D eigenvalue weighted by atomic mass is 19.2. The lowest BCUT2D eigenvalue weighted by Gasteiger charge is -2.18. The van der Waals surface area contributed by atoms with Gasteiger partial charge in [0.1, 0.15) is 5.75 Å². The Morgan fingerprint density at radius 3 is 2.74 bits per heavy atom. The first-order chi connectivity index (χ1) is 9.13. The average Bonchev–Trinajstić information content (AvgIpc) is 2.83. The van der Waals surface area contributed by atoms with Gasteiger partial charge < -0.3 is 10.5 Å². The number of benzene rings is 1. The van der Waals surface area contributed by atoms with Crippen LogP contribution in [-0.4, -0.2) is 31.1 Å². The molecule has 0 radical (unpaired) electrons. The molecule has 0 spiro atoms. The first kappa shape index (κ1) is 14.2. The largest absolute Gasteiger partial charge is 0.493 e. The summed E-state index contributed by atoms with van der Waals surface area (Å²) in [5.74, 6) is -0.764. The van der Waals surface area contributed by atoms with Crippen LogP contribution in [0.3, 0.4) is 0 Å². The van der Waals surface area contributed by atoms with Gasteiger partial charge in [-0.3, -0.25) is 4.90 Å². The zero-order chi connectivity index (χ0) is 13.8. The number of halogens is 2. The van der Waals surface area contributed by atoms with E-state index in [2.05, 4.69) is 4.90 Å². The second-order valence-electron chi connectivity index (χ2n) is 4.93. The van der Waals surface area contributed by atoms with Crippen LogP contribution in [0.1, 0.15) is 18.9 Å². The Morgan fingerprint density at radius 2 is 2.11 bits per heavy atom. The van der Waals surface area contributed by atoms with Crippen LogP contribution >= 0.6 is 0 Å². The standard InChI is InChI=1S/C14H20F2N2O/c1-2-19-14-6-13(16)12(15)5-11(14)9-18-4-3-10(7-17)8-18/h5-6,10H,2-4,7-9,17H2,1H3/t10-/m0/s1. The number of nitrogens with zero attached hydrogens (tertiary/aromatic N) is 1. The van der Waals surface area contributed by atoms with Gasteiger partial charge >= 0.3 is 0 Å². The first-order valence-corrected chi connectivity index (χ1v) is 6.67. The Bertz CT molecular complexity index is 440. The van der Waals surface area contributed by atoms with E-state index in [0.29, 0.717) is 36.9 Å². The van der Waals surface area contributed by atoms with Crippen molar-refractivity contribution in [2.75, 3.05) is 26.2 Å². The summed E-state index contributed by atoms with van der Waals surface area (Å²) in [5, 5.41) is 0. The predicted molar refractivity (Wildman–Crippen MR) is 70.0 cm³/mol. The molecule has 1 atom stereocenters. The van der Waals surface area contributed by atoms with Crippen molar-refractivity contribution in [3.05, 3.63) is 29.3 Å². The molecule has 2 N–H and O–H groups in total. The zero-order valence-electron chi connectivity index (χ0n) is 11.2. The van der Waals surface area contributed by atoms with Crippen LogP contribution in [0.4, 0.5) is 8.78 Å². The Kier molecular flexibility index (Phi) is 4.71. The third kappa shape index (κ3) is 3.42. The molecule has 106 valence electrons. The van der Waals surface area contributed by atoms with Crippen LogP contribution in [0.5, 0.6) is 5.75 Å². The molecule has 1 fully saturated rings. The van der Waals surface area contributed by atoms with E-state index in [1.807, 2.05) is 6.92 Å². The van der Waals surface area contributed by atoms with Gasteiger partial charge in [-0.2, -0.15) is 0 Å². The van der Waals surface area contributed by atoms with Crippen molar-refractivity contribution in [3.8, 4) is 5.75 Å². The van der Waals surface area contributed by atoms with Gasteiger partial charge in [0.2, 0.25) is 0 Å².